The van der Waals surface area contributed by atoms with Gasteiger partial charge in [-0.2, -0.15) is 0 Å². The molecule has 0 aliphatic rings. The van der Waals surface area contributed by atoms with Gasteiger partial charge in [-0.05, 0) is 38.5 Å². The van der Waals surface area contributed by atoms with E-state index in [0.717, 1.165) is 22.1 Å². The molecule has 0 aromatic heterocycles. The first kappa shape index (κ1) is 43.0. The van der Waals surface area contributed by atoms with Gasteiger partial charge in [0.2, 0.25) is 0 Å². The number of carboxylic acid groups (broad SMARTS) is 2. The molecule has 0 bridgehead atoms. The minimum absolute atomic E-state index is 0.344. The first-order chi connectivity index (χ1) is 19.1. The summed E-state index contributed by atoms with van der Waals surface area (Å²) in [6.45, 7) is 23.7. The Balaban J connectivity index is -0.000000543. The van der Waals surface area contributed by atoms with Crippen molar-refractivity contribution in [1.82, 2.24) is 0 Å². The van der Waals surface area contributed by atoms with Crippen molar-refractivity contribution >= 4 is 11.9 Å². The maximum atomic E-state index is 9.55. The molecule has 8 heteroatoms. The van der Waals surface area contributed by atoms with Crippen LogP contribution in [0.5, 0.6) is 0 Å². The van der Waals surface area contributed by atoms with Crippen molar-refractivity contribution in [2.45, 2.75) is 119 Å². The molecule has 0 unspecified atom stereocenters. The summed E-state index contributed by atoms with van der Waals surface area (Å²) in [5.74, 6) is -2.51. The lowest BCUT2D eigenvalue weighted by molar-refractivity contribution is -0.929. The Labute approximate surface area is 247 Å². The summed E-state index contributed by atoms with van der Waals surface area (Å²) < 4.78 is 2.32. The molecule has 0 saturated carbocycles. The smallest absolute Gasteiger partial charge is 0.328 e. The van der Waals surface area contributed by atoms with Crippen LogP contribution in [0.25, 0.3) is 0 Å². The van der Waals surface area contributed by atoms with Crippen LogP contribution in [0.2, 0.25) is 0 Å². The summed E-state index contributed by atoms with van der Waals surface area (Å²) in [5, 5.41) is 34.2. The van der Waals surface area contributed by atoms with Crippen LogP contribution in [0.1, 0.15) is 119 Å². The largest absolute Gasteiger partial charge is 0.478 e. The number of quaternary nitrogens is 2. The second kappa shape index (κ2) is 30.5. The highest BCUT2D eigenvalue weighted by molar-refractivity contribution is 5.89. The SMILES string of the molecule is CCCC[N+](CCO)(CCCC)CCCC.CCCC[N+](CCO)(CCCC)CCCC.O=C(O)/C=C\C(=O)O. The van der Waals surface area contributed by atoms with E-state index in [2.05, 4.69) is 41.5 Å². The van der Waals surface area contributed by atoms with E-state index >= 15 is 0 Å². The Bertz CT molecular complexity index is 504. The zero-order valence-electron chi connectivity index (χ0n) is 27.2. The molecule has 240 valence electrons. The normalized spacial score (nSPS) is 11.5. The number of aliphatic hydroxyl groups is 2. The molecule has 0 heterocycles. The third-order valence-electron chi connectivity index (χ3n) is 7.43. The third-order valence-corrected chi connectivity index (χ3v) is 7.43. The van der Waals surface area contributed by atoms with Gasteiger partial charge in [0.1, 0.15) is 13.1 Å². The lowest BCUT2D eigenvalue weighted by Gasteiger charge is -2.38. The summed E-state index contributed by atoms with van der Waals surface area (Å²) in [7, 11) is 0. The van der Waals surface area contributed by atoms with Crippen molar-refractivity contribution in [2.75, 3.05) is 65.6 Å². The van der Waals surface area contributed by atoms with E-state index < -0.39 is 11.9 Å². The minimum atomic E-state index is -1.26. The molecule has 0 aliphatic heterocycles. The maximum Gasteiger partial charge on any atom is 0.328 e. The molecule has 0 atom stereocenters. The first-order valence-electron chi connectivity index (χ1n) is 16.2. The number of hydrogen-bond donors (Lipinski definition) is 4. The summed E-state index contributed by atoms with van der Waals surface area (Å²) in [4.78, 5) is 19.1. The fraction of sp³-hybridized carbons (Fsp3) is 0.875. The van der Waals surface area contributed by atoms with Crippen LogP contribution in [0.3, 0.4) is 0 Å². The molecular formula is C32H68N2O6+2. The highest BCUT2D eigenvalue weighted by atomic mass is 16.4. The van der Waals surface area contributed by atoms with Gasteiger partial charge in [0, 0.05) is 12.2 Å². The number of hydrogen-bond acceptors (Lipinski definition) is 4. The Hall–Kier alpha value is -1.48. The molecule has 4 N–H and O–H groups in total. The number of aliphatic hydroxyl groups excluding tert-OH is 2. The standard InChI is InChI=1S/2C14H32NO.C4H4O4/c2*1-4-7-10-15(13-14-16,11-8-5-2)12-9-6-3;5-3(6)1-2-4(7)8/h2*16H,4-14H2,1-3H3;1-2H,(H,5,6)(H,7,8)/q2*+1;/b;;2-1-. The van der Waals surface area contributed by atoms with Crippen molar-refractivity contribution in [1.29, 1.82) is 0 Å². The fourth-order valence-corrected chi connectivity index (χ4v) is 4.87. The lowest BCUT2D eigenvalue weighted by atomic mass is 10.1. The van der Waals surface area contributed by atoms with Crippen LogP contribution in [0, 0.1) is 0 Å². The highest BCUT2D eigenvalue weighted by Gasteiger charge is 2.25. The number of nitrogens with zero attached hydrogens (tertiary/aromatic N) is 2. The van der Waals surface area contributed by atoms with Crippen molar-refractivity contribution < 1.29 is 39.0 Å². The van der Waals surface area contributed by atoms with Gasteiger partial charge in [-0.25, -0.2) is 9.59 Å². The van der Waals surface area contributed by atoms with E-state index in [1.807, 2.05) is 0 Å². The quantitative estimate of drug-likeness (QED) is 0.0815. The van der Waals surface area contributed by atoms with Gasteiger partial charge in [0.15, 0.2) is 0 Å². The van der Waals surface area contributed by atoms with E-state index in [0.29, 0.717) is 25.4 Å². The average molecular weight is 577 g/mol. The fourth-order valence-electron chi connectivity index (χ4n) is 4.87. The number of unbranched alkanes of at least 4 members (excludes halogenated alkanes) is 6. The van der Waals surface area contributed by atoms with Gasteiger partial charge in [-0.1, -0.05) is 80.1 Å². The zero-order valence-corrected chi connectivity index (χ0v) is 27.2. The summed E-state index contributed by atoms with van der Waals surface area (Å²) in [5.41, 5.74) is 0. The van der Waals surface area contributed by atoms with E-state index in [4.69, 9.17) is 10.2 Å². The number of rotatable bonds is 24. The predicted molar refractivity (Wildman–Crippen MR) is 167 cm³/mol. The van der Waals surface area contributed by atoms with Crippen molar-refractivity contribution in [3.05, 3.63) is 12.2 Å². The van der Waals surface area contributed by atoms with Crippen molar-refractivity contribution in [2.24, 2.45) is 0 Å². The van der Waals surface area contributed by atoms with Gasteiger partial charge in [-0.15, -0.1) is 0 Å². The van der Waals surface area contributed by atoms with Crippen LogP contribution >= 0.6 is 0 Å². The summed E-state index contributed by atoms with van der Waals surface area (Å²) in [6, 6.07) is 0. The highest BCUT2D eigenvalue weighted by Crippen LogP contribution is 2.15. The molecule has 0 amide bonds. The Morgan fingerprint density at radius 2 is 0.650 bits per heavy atom. The van der Waals surface area contributed by atoms with Gasteiger partial charge >= 0.3 is 11.9 Å². The summed E-state index contributed by atoms with van der Waals surface area (Å²) >= 11 is 0. The van der Waals surface area contributed by atoms with Crippen molar-refractivity contribution in [3.8, 4) is 0 Å². The number of carbonyl (C=O) groups is 2. The monoisotopic (exact) mass is 577 g/mol. The molecule has 0 spiro atoms. The molecule has 0 aliphatic carbocycles. The van der Waals surface area contributed by atoms with Gasteiger partial charge in [0.25, 0.3) is 0 Å². The van der Waals surface area contributed by atoms with E-state index in [1.54, 1.807) is 0 Å². The number of aliphatic carboxylic acids is 2. The Morgan fingerprint density at radius 1 is 0.450 bits per heavy atom. The van der Waals surface area contributed by atoms with E-state index in [9.17, 15) is 19.8 Å². The molecule has 0 aromatic rings. The van der Waals surface area contributed by atoms with Crippen LogP contribution in [0.4, 0.5) is 0 Å². The van der Waals surface area contributed by atoms with Crippen LogP contribution in [-0.4, -0.2) is 107 Å². The van der Waals surface area contributed by atoms with Crippen molar-refractivity contribution in [3.63, 3.8) is 0 Å². The minimum Gasteiger partial charge on any atom is -0.478 e. The molecule has 0 fully saturated rings. The second-order valence-corrected chi connectivity index (χ2v) is 11.1. The first-order valence-corrected chi connectivity index (χ1v) is 16.2. The van der Waals surface area contributed by atoms with Crippen LogP contribution in [-0.2, 0) is 9.59 Å². The molecule has 0 radical (unpaired) electrons. The molecular weight excluding hydrogens is 508 g/mol. The maximum absolute atomic E-state index is 9.55. The average Bonchev–Trinajstić information content (AvgIpc) is 2.94. The van der Waals surface area contributed by atoms with E-state index in [-0.39, 0.29) is 0 Å². The molecule has 8 nitrogen and oxygen atoms in total. The second-order valence-electron chi connectivity index (χ2n) is 11.1. The molecule has 0 saturated heterocycles. The summed E-state index contributed by atoms with van der Waals surface area (Å²) in [6.07, 6.45) is 16.5. The topological polar surface area (TPSA) is 115 Å². The van der Waals surface area contributed by atoms with Gasteiger partial charge in [0.05, 0.1) is 52.5 Å². The van der Waals surface area contributed by atoms with Crippen LogP contribution < -0.4 is 0 Å². The lowest BCUT2D eigenvalue weighted by Crippen LogP contribution is -2.51. The van der Waals surface area contributed by atoms with Gasteiger partial charge in [-0.3, -0.25) is 0 Å². The zero-order chi connectivity index (χ0) is 31.1. The van der Waals surface area contributed by atoms with E-state index in [1.165, 1.54) is 116 Å². The Kier molecular flexibility index (Phi) is 32.7. The Morgan fingerprint density at radius 3 is 0.775 bits per heavy atom. The van der Waals surface area contributed by atoms with Gasteiger partial charge < -0.3 is 29.4 Å². The molecule has 0 aromatic carbocycles. The molecule has 40 heavy (non-hydrogen) atoms. The molecule has 0 rings (SSSR count). The predicted octanol–water partition coefficient (Wildman–Crippen LogP) is 6.10. The third kappa shape index (κ3) is 26.7. The number of carboxylic acids is 2. The van der Waals surface area contributed by atoms with Crippen LogP contribution in [0.15, 0.2) is 12.2 Å².